The number of carboxylic acids is 1. The quantitative estimate of drug-likeness (QED) is 0.413. The Morgan fingerprint density at radius 3 is 2.26 bits per heavy atom. The smallest absolute Gasteiger partial charge is 0.326 e. The molecule has 0 aliphatic carbocycles. The van der Waals surface area contributed by atoms with E-state index in [1.165, 1.54) is 6.33 Å². The van der Waals surface area contributed by atoms with E-state index in [1.54, 1.807) is 10.8 Å². The van der Waals surface area contributed by atoms with E-state index >= 15 is 0 Å². The molecular weight excluding hydrogens is 458 g/mol. The number of para-hydroxylation sites is 2. The van der Waals surface area contributed by atoms with Crippen LogP contribution in [0.4, 0.5) is 5.82 Å². The molecule has 1 aromatic heterocycles. The topological polar surface area (TPSA) is 125 Å². The maximum Gasteiger partial charge on any atom is 0.326 e. The highest BCUT2D eigenvalue weighted by Crippen LogP contribution is 2.44. The first-order valence-electron chi connectivity index (χ1n) is 11.0. The fourth-order valence-electron chi connectivity index (χ4n) is 4.13. The van der Waals surface area contributed by atoms with Gasteiger partial charge in [-0.05, 0) is 18.6 Å². The Balaban J connectivity index is 0.00000204. The summed E-state index contributed by atoms with van der Waals surface area (Å²) in [7, 11) is 0. The maximum atomic E-state index is 13.3. The highest BCUT2D eigenvalue weighted by Gasteiger charge is 2.32. The zero-order valence-electron chi connectivity index (χ0n) is 18.9. The lowest BCUT2D eigenvalue weighted by molar-refractivity contribution is -0.141. The van der Waals surface area contributed by atoms with Gasteiger partial charge in [0.15, 0.2) is 5.82 Å². The summed E-state index contributed by atoms with van der Waals surface area (Å²) < 4.78 is 7.53. The van der Waals surface area contributed by atoms with Gasteiger partial charge < -0.3 is 25.2 Å². The minimum Gasteiger partial charge on any atom is -0.480 e. The van der Waals surface area contributed by atoms with Gasteiger partial charge in [-0.15, -0.1) is 12.4 Å². The highest BCUT2D eigenvalue weighted by atomic mass is 35.5. The Labute approximate surface area is 204 Å². The van der Waals surface area contributed by atoms with Crippen LogP contribution in [0.3, 0.4) is 0 Å². The minimum atomic E-state index is -0.899. The molecule has 1 aliphatic heterocycles. The number of hydrogen-bond donors (Lipinski definition) is 2. The number of aromatic nitrogens is 2. The number of nitrogens with zero attached hydrogens (tertiary/aromatic N) is 2. The molecule has 1 unspecified atom stereocenters. The van der Waals surface area contributed by atoms with Crippen LogP contribution >= 0.6 is 12.4 Å². The number of fused-ring (bicyclic) bond motifs is 2. The van der Waals surface area contributed by atoms with Crippen LogP contribution < -0.4 is 10.1 Å². The number of imidazole rings is 1. The minimum absolute atomic E-state index is 0. The van der Waals surface area contributed by atoms with E-state index in [9.17, 15) is 14.7 Å². The van der Waals surface area contributed by atoms with E-state index in [-0.39, 0.29) is 23.8 Å². The first-order chi connectivity index (χ1) is 15.6. The lowest BCUT2D eigenvalue weighted by atomic mass is 9.87. The molecule has 8 nitrogen and oxygen atoms in total. The number of ether oxygens (including phenoxy) is 1. The van der Waals surface area contributed by atoms with Gasteiger partial charge in [0.05, 0.1) is 12.2 Å². The molecule has 1 atom stereocenters. The third-order valence-corrected chi connectivity index (χ3v) is 5.77. The number of carboxylic acid groups (broad SMARTS) is 1. The average molecular weight is 488 g/mol. The van der Waals surface area contributed by atoms with Gasteiger partial charge in [0, 0.05) is 17.3 Å². The van der Waals surface area contributed by atoms with Crippen LogP contribution in [0.1, 0.15) is 62.1 Å². The molecule has 2 heterocycles. The summed E-state index contributed by atoms with van der Waals surface area (Å²) in [4.78, 5) is 29.3. The number of halogens is 1. The highest BCUT2D eigenvalue weighted by molar-refractivity contribution is 5.99. The normalized spacial score (nSPS) is 12.7. The molecule has 0 spiro atoms. The summed E-state index contributed by atoms with van der Waals surface area (Å²) in [6, 6.07) is 14.2. The largest absolute Gasteiger partial charge is 0.480 e. The molecular formula is C25H30ClN3O5. The van der Waals surface area contributed by atoms with Crippen LogP contribution in [0.15, 0.2) is 61.1 Å². The molecule has 9 heteroatoms. The Hall–Kier alpha value is -3.36. The number of hydrogen-bond acceptors (Lipinski definition) is 4. The van der Waals surface area contributed by atoms with Gasteiger partial charge in [0.25, 0.3) is 0 Å². The number of aliphatic carboxylic acids is 1. The molecule has 0 saturated carbocycles. The summed E-state index contributed by atoms with van der Waals surface area (Å²) in [5.74, 6) is -0.0657. The lowest BCUT2D eigenvalue weighted by Crippen LogP contribution is -2.25. The molecule has 0 fully saturated rings. The summed E-state index contributed by atoms with van der Waals surface area (Å²) in [5.41, 5.74) is 1.56. The molecule has 1 aliphatic rings. The Kier molecular flexibility index (Phi) is 9.65. The number of nitrogens with one attached hydrogen (secondary N) is 1. The third-order valence-electron chi connectivity index (χ3n) is 5.77. The van der Waals surface area contributed by atoms with Crippen molar-refractivity contribution in [2.45, 2.75) is 51.0 Å². The number of rotatable bonds is 9. The predicted molar refractivity (Wildman–Crippen MR) is 132 cm³/mol. The van der Waals surface area contributed by atoms with Crippen molar-refractivity contribution < 1.29 is 24.9 Å². The zero-order chi connectivity index (χ0) is 22.5. The molecule has 182 valence electrons. The van der Waals surface area contributed by atoms with Crippen molar-refractivity contribution >= 4 is 30.1 Å². The predicted octanol–water partition coefficient (Wildman–Crippen LogP) is 4.95. The summed E-state index contributed by atoms with van der Waals surface area (Å²) in [6.45, 7) is 2.12. The van der Waals surface area contributed by atoms with Gasteiger partial charge in [0.1, 0.15) is 17.5 Å². The molecule has 4 rings (SSSR count). The SMILES string of the molecule is CCCCCCC(C(=O)O)n1cnc(NC(=O)C2c3ccccc3Oc3ccccc32)c1.Cl.O. The van der Waals surface area contributed by atoms with Gasteiger partial charge in [-0.2, -0.15) is 0 Å². The van der Waals surface area contributed by atoms with Crippen LogP contribution in [0.25, 0.3) is 0 Å². The third kappa shape index (κ3) is 5.76. The number of carbonyl (C=O) groups excluding carboxylic acids is 1. The van der Waals surface area contributed by atoms with Crippen molar-refractivity contribution in [1.29, 1.82) is 0 Å². The van der Waals surface area contributed by atoms with Crippen molar-refractivity contribution in [3.8, 4) is 11.5 Å². The molecule has 2 aromatic carbocycles. The molecule has 0 saturated heterocycles. The summed E-state index contributed by atoms with van der Waals surface area (Å²) in [5, 5.41) is 12.5. The van der Waals surface area contributed by atoms with E-state index in [4.69, 9.17) is 4.74 Å². The number of amides is 1. The monoisotopic (exact) mass is 487 g/mol. The first kappa shape index (κ1) is 26.9. The van der Waals surface area contributed by atoms with Crippen LogP contribution in [0, 0.1) is 0 Å². The molecule has 1 amide bonds. The van der Waals surface area contributed by atoms with Crippen molar-refractivity contribution in [3.05, 3.63) is 72.2 Å². The summed E-state index contributed by atoms with van der Waals surface area (Å²) in [6.07, 6.45) is 7.61. The molecule has 0 radical (unpaired) electrons. The van der Waals surface area contributed by atoms with Crippen LogP contribution in [0.5, 0.6) is 11.5 Å². The van der Waals surface area contributed by atoms with E-state index in [0.717, 1.165) is 36.8 Å². The van der Waals surface area contributed by atoms with E-state index < -0.39 is 17.9 Å². The Morgan fingerprint density at radius 2 is 1.68 bits per heavy atom. The first-order valence-corrected chi connectivity index (χ1v) is 11.0. The average Bonchev–Trinajstić information content (AvgIpc) is 3.24. The lowest BCUT2D eigenvalue weighted by Gasteiger charge is -2.27. The van der Waals surface area contributed by atoms with Gasteiger partial charge in [-0.1, -0.05) is 69.0 Å². The molecule has 34 heavy (non-hydrogen) atoms. The van der Waals surface area contributed by atoms with Gasteiger partial charge in [-0.25, -0.2) is 9.78 Å². The number of unbranched alkanes of at least 4 members (excludes halogenated alkanes) is 3. The number of benzene rings is 2. The number of carbonyl (C=O) groups is 2. The van der Waals surface area contributed by atoms with E-state index in [1.807, 2.05) is 48.5 Å². The second-order valence-electron chi connectivity index (χ2n) is 8.01. The second-order valence-corrected chi connectivity index (χ2v) is 8.01. The second kappa shape index (κ2) is 12.2. The van der Waals surface area contributed by atoms with Gasteiger partial charge in [0.2, 0.25) is 5.91 Å². The summed E-state index contributed by atoms with van der Waals surface area (Å²) >= 11 is 0. The standard InChI is InChI=1S/C25H27N3O4.ClH.H2O/c1-2-3-4-5-12-19(25(30)31)28-15-22(26-16-28)27-24(29)23-17-10-6-8-13-20(17)32-21-14-9-7-11-18(21)23;;/h6-11,13-16,19,23H,2-5,12H2,1H3,(H,27,29)(H,30,31);1H;1H2. The van der Waals surface area contributed by atoms with Crippen LogP contribution in [0.2, 0.25) is 0 Å². The fourth-order valence-corrected chi connectivity index (χ4v) is 4.13. The van der Waals surface area contributed by atoms with E-state index in [0.29, 0.717) is 23.7 Å². The van der Waals surface area contributed by atoms with E-state index in [2.05, 4.69) is 17.2 Å². The van der Waals surface area contributed by atoms with Crippen molar-refractivity contribution in [1.82, 2.24) is 9.55 Å². The van der Waals surface area contributed by atoms with Crippen LogP contribution in [-0.4, -0.2) is 32.0 Å². The molecule has 0 bridgehead atoms. The Morgan fingerprint density at radius 1 is 1.06 bits per heavy atom. The number of anilines is 1. The molecule has 4 N–H and O–H groups in total. The molecule has 3 aromatic rings. The zero-order valence-corrected chi connectivity index (χ0v) is 19.8. The maximum absolute atomic E-state index is 13.3. The van der Waals surface area contributed by atoms with Gasteiger partial charge >= 0.3 is 5.97 Å². The van der Waals surface area contributed by atoms with Gasteiger partial charge in [-0.3, -0.25) is 4.79 Å². The van der Waals surface area contributed by atoms with Crippen molar-refractivity contribution in [2.75, 3.05) is 5.32 Å². The van der Waals surface area contributed by atoms with Crippen molar-refractivity contribution in [3.63, 3.8) is 0 Å². The van der Waals surface area contributed by atoms with Crippen LogP contribution in [-0.2, 0) is 9.59 Å². The Bertz CT molecular complexity index is 1070. The van der Waals surface area contributed by atoms with Crippen molar-refractivity contribution in [2.24, 2.45) is 0 Å². The fraction of sp³-hybridized carbons (Fsp3) is 0.320.